The van der Waals surface area contributed by atoms with Crippen molar-refractivity contribution >= 4 is 44.9 Å². The fraction of sp³-hybridized carbons (Fsp3) is 0.308. The van der Waals surface area contributed by atoms with Crippen LogP contribution in [0.15, 0.2) is 89.7 Å². The van der Waals surface area contributed by atoms with Crippen LogP contribution in [-0.4, -0.2) is 71.5 Å². The maximum atomic E-state index is 13.0. The first kappa shape index (κ1) is 35.8. The number of nitrogens with one attached hydrogen (secondary N) is 4. The van der Waals surface area contributed by atoms with Crippen LogP contribution in [0.5, 0.6) is 5.75 Å². The highest BCUT2D eigenvalue weighted by atomic mass is 32.1. The molecule has 51 heavy (non-hydrogen) atoms. The Morgan fingerprint density at radius 2 is 1.76 bits per heavy atom. The Morgan fingerprint density at radius 3 is 2.55 bits per heavy atom. The topological polar surface area (TPSA) is 153 Å². The lowest BCUT2D eigenvalue weighted by Crippen LogP contribution is -2.48. The summed E-state index contributed by atoms with van der Waals surface area (Å²) in [5.74, 6) is -0.179. The molecule has 12 heteroatoms. The van der Waals surface area contributed by atoms with Crippen LogP contribution in [0.25, 0.3) is 22.0 Å². The van der Waals surface area contributed by atoms with E-state index in [-0.39, 0.29) is 41.8 Å². The first-order chi connectivity index (χ1) is 24.5. The molecule has 3 aromatic carbocycles. The zero-order valence-corrected chi connectivity index (χ0v) is 29.6. The number of anilines is 2. The molecule has 0 aliphatic carbocycles. The minimum absolute atomic E-state index is 0.0573. The Morgan fingerprint density at radius 1 is 0.980 bits per heavy atom. The van der Waals surface area contributed by atoms with Crippen molar-refractivity contribution in [2.45, 2.75) is 44.4 Å². The van der Waals surface area contributed by atoms with Gasteiger partial charge < -0.3 is 35.1 Å². The number of nitrogens with zero attached hydrogens (tertiary/aromatic N) is 1. The molecular weight excluding hydrogens is 667 g/mol. The number of aliphatic hydroxyl groups is 1. The Balaban J connectivity index is 1.01. The van der Waals surface area contributed by atoms with E-state index >= 15 is 0 Å². The first-order valence-electron chi connectivity index (χ1n) is 17.1. The summed E-state index contributed by atoms with van der Waals surface area (Å²) in [5, 5.41) is 31.4. The van der Waals surface area contributed by atoms with Gasteiger partial charge in [0.25, 0.3) is 0 Å². The summed E-state index contributed by atoms with van der Waals surface area (Å²) in [6, 6.07) is 25.5. The minimum atomic E-state index is -0.870. The molecule has 1 saturated heterocycles. The van der Waals surface area contributed by atoms with Crippen molar-refractivity contribution in [2.75, 3.05) is 44.4 Å². The fourth-order valence-electron chi connectivity index (χ4n) is 6.36. The van der Waals surface area contributed by atoms with Crippen molar-refractivity contribution in [2.24, 2.45) is 0 Å². The van der Waals surface area contributed by atoms with Crippen LogP contribution in [-0.2, 0) is 22.5 Å². The van der Waals surface area contributed by atoms with Gasteiger partial charge in [-0.05, 0) is 53.4 Å². The van der Waals surface area contributed by atoms with Crippen molar-refractivity contribution in [3.8, 4) is 16.9 Å². The molecule has 0 bridgehead atoms. The van der Waals surface area contributed by atoms with Gasteiger partial charge in [-0.2, -0.15) is 0 Å². The Bertz CT molecular complexity index is 2050. The molecule has 266 valence electrons. The van der Waals surface area contributed by atoms with E-state index < -0.39 is 12.2 Å². The lowest BCUT2D eigenvalue weighted by Gasteiger charge is -2.36. The molecule has 0 unspecified atom stereocenters. The second kappa shape index (κ2) is 15.9. The second-order valence-corrected chi connectivity index (χ2v) is 14.8. The number of fused-ring (bicyclic) bond motifs is 1. The predicted octanol–water partition coefficient (Wildman–Crippen LogP) is 6.14. The number of amides is 2. The third-order valence-electron chi connectivity index (χ3n) is 9.26. The van der Waals surface area contributed by atoms with Crippen LogP contribution in [0.1, 0.15) is 41.4 Å². The minimum Gasteiger partial charge on any atom is -0.506 e. The highest BCUT2D eigenvalue weighted by Gasteiger charge is 2.28. The molecule has 0 saturated carbocycles. The van der Waals surface area contributed by atoms with Gasteiger partial charge in [0, 0.05) is 54.2 Å². The third-order valence-corrected chi connectivity index (χ3v) is 10.3. The average Bonchev–Trinajstić information content (AvgIpc) is 3.55. The number of carbonyl (C=O) groups excluding carboxylic acids is 2. The molecule has 2 amide bonds. The average molecular weight is 711 g/mol. The molecular formula is C39H44N5O6S+. The van der Waals surface area contributed by atoms with Crippen molar-refractivity contribution in [1.82, 2.24) is 10.3 Å². The smallest absolute Gasteiger partial charge is 0.411 e. The Hall–Kier alpha value is -5.01. The molecule has 1 fully saturated rings. The van der Waals surface area contributed by atoms with Crippen LogP contribution >= 0.6 is 11.3 Å². The number of H-pyrrole nitrogens is 1. The SMILES string of the molecule is C[N+]1(C)CCC(OC(=O)Nc2cc(CCC(=O)Nc3ccc(CNC[C@@H](O)c4ccc(O)c5[nH]c(=O)ccc45)s3)ccc2-c2ccccc2)CC1. The number of quaternary nitrogens is 1. The summed E-state index contributed by atoms with van der Waals surface area (Å²) in [5.41, 5.74) is 3.95. The largest absolute Gasteiger partial charge is 0.506 e. The summed E-state index contributed by atoms with van der Waals surface area (Å²) in [7, 11) is 4.38. The quantitative estimate of drug-likeness (QED) is 0.0851. The van der Waals surface area contributed by atoms with E-state index in [1.54, 1.807) is 12.1 Å². The highest BCUT2D eigenvalue weighted by molar-refractivity contribution is 7.16. The van der Waals surface area contributed by atoms with Gasteiger partial charge in [0.2, 0.25) is 11.5 Å². The zero-order chi connectivity index (χ0) is 36.0. The molecule has 1 atom stereocenters. The number of thiophene rings is 1. The number of aliphatic hydroxyl groups excluding tert-OH is 1. The molecule has 5 aromatic rings. The number of benzene rings is 3. The summed E-state index contributed by atoms with van der Waals surface area (Å²) in [6.07, 6.45) is 0.953. The second-order valence-electron chi connectivity index (χ2n) is 13.6. The normalized spacial score (nSPS) is 15.0. The number of piperidine rings is 1. The van der Waals surface area contributed by atoms with E-state index in [0.29, 0.717) is 29.6 Å². The van der Waals surface area contributed by atoms with Crippen molar-refractivity contribution in [1.29, 1.82) is 0 Å². The van der Waals surface area contributed by atoms with Gasteiger partial charge in [0.1, 0.15) is 11.9 Å². The Labute approximate surface area is 300 Å². The molecule has 2 aromatic heterocycles. The van der Waals surface area contributed by atoms with Gasteiger partial charge in [-0.1, -0.05) is 48.5 Å². The lowest BCUT2D eigenvalue weighted by molar-refractivity contribution is -0.896. The number of likely N-dealkylation sites (tertiary alicyclic amines) is 1. The van der Waals surface area contributed by atoms with Crippen LogP contribution < -0.4 is 21.5 Å². The van der Waals surface area contributed by atoms with Crippen molar-refractivity contribution < 1.29 is 29.0 Å². The number of aromatic hydroxyl groups is 1. The number of aromatic nitrogens is 1. The number of aryl methyl sites for hydroxylation is 1. The number of hydrogen-bond acceptors (Lipinski definition) is 8. The fourth-order valence-corrected chi connectivity index (χ4v) is 7.25. The van der Waals surface area contributed by atoms with Crippen molar-refractivity contribution in [3.63, 3.8) is 0 Å². The van der Waals surface area contributed by atoms with E-state index in [9.17, 15) is 24.6 Å². The molecule has 0 radical (unpaired) electrons. The third kappa shape index (κ3) is 9.41. The maximum absolute atomic E-state index is 13.0. The zero-order valence-electron chi connectivity index (χ0n) is 28.8. The summed E-state index contributed by atoms with van der Waals surface area (Å²) in [6.45, 7) is 2.65. The monoisotopic (exact) mass is 710 g/mol. The number of hydrogen-bond donors (Lipinski definition) is 6. The first-order valence-corrected chi connectivity index (χ1v) is 17.9. The highest BCUT2D eigenvalue weighted by Crippen LogP contribution is 2.31. The molecule has 6 rings (SSSR count). The number of carbonyl (C=O) groups is 2. The van der Waals surface area contributed by atoms with Gasteiger partial charge in [0.05, 0.1) is 49.5 Å². The van der Waals surface area contributed by atoms with E-state index in [1.807, 2.05) is 60.7 Å². The number of pyridine rings is 1. The van der Waals surface area contributed by atoms with Gasteiger partial charge in [-0.3, -0.25) is 14.9 Å². The predicted molar refractivity (Wildman–Crippen MR) is 201 cm³/mol. The lowest BCUT2D eigenvalue weighted by atomic mass is 9.99. The van der Waals surface area contributed by atoms with Crippen molar-refractivity contribution in [3.05, 3.63) is 111 Å². The number of ether oxygens (including phenoxy) is 1. The van der Waals surface area contributed by atoms with Crippen LogP contribution in [0.3, 0.4) is 0 Å². The molecule has 1 aliphatic rings. The van der Waals surface area contributed by atoms with E-state index in [2.05, 4.69) is 35.0 Å². The van der Waals surface area contributed by atoms with Crippen LogP contribution in [0, 0.1) is 0 Å². The van der Waals surface area contributed by atoms with Gasteiger partial charge in [-0.25, -0.2) is 4.79 Å². The van der Waals surface area contributed by atoms with Gasteiger partial charge in [-0.15, -0.1) is 11.3 Å². The molecule has 6 N–H and O–H groups in total. The van der Waals surface area contributed by atoms with Gasteiger partial charge in [0.15, 0.2) is 0 Å². The standard InChI is InChI=1S/C39H43N5O6S/c1-44(2)20-18-27(19-21-44)50-39(49)41-32-22-25(8-11-29(32)26-6-4-3-5-7-26)9-15-35(47)42-37-17-10-28(51-37)23-40-24-34(46)30-12-14-33(45)38-31(30)13-16-36(48)43-38/h3-8,10-14,16-17,22,27,34,40,46H,9,15,18-21,23-24H2,1-2H3,(H3-,41,42,43,45,47,48,49)/p+1/t34-/m1/s1. The van der Waals surface area contributed by atoms with E-state index in [0.717, 1.165) is 57.0 Å². The number of rotatable bonds is 12. The summed E-state index contributed by atoms with van der Waals surface area (Å²) >= 11 is 1.45. The summed E-state index contributed by atoms with van der Waals surface area (Å²) in [4.78, 5) is 41.2. The molecule has 3 heterocycles. The molecule has 1 aliphatic heterocycles. The number of phenolic OH excluding ortho intramolecular Hbond substituents is 1. The molecule has 11 nitrogen and oxygen atoms in total. The van der Waals surface area contributed by atoms with E-state index in [1.165, 1.54) is 23.5 Å². The van der Waals surface area contributed by atoms with Crippen LogP contribution in [0.2, 0.25) is 0 Å². The van der Waals surface area contributed by atoms with E-state index in [4.69, 9.17) is 4.74 Å². The number of phenols is 1. The maximum Gasteiger partial charge on any atom is 0.411 e. The summed E-state index contributed by atoms with van der Waals surface area (Å²) < 4.78 is 6.74. The Kier molecular flexibility index (Phi) is 11.2. The van der Waals surface area contributed by atoms with Crippen LogP contribution in [0.4, 0.5) is 15.5 Å². The molecule has 0 spiro atoms. The van der Waals surface area contributed by atoms with Gasteiger partial charge >= 0.3 is 6.09 Å². The number of aromatic amines is 1.